The highest BCUT2D eigenvalue weighted by Crippen LogP contribution is 2.28. The van der Waals surface area contributed by atoms with Gasteiger partial charge in [0, 0.05) is 39.3 Å². The van der Waals surface area contributed by atoms with Gasteiger partial charge in [-0.3, -0.25) is 0 Å². The molecule has 2 saturated heterocycles. The Kier molecular flexibility index (Phi) is 5.55. The van der Waals surface area contributed by atoms with Crippen molar-refractivity contribution < 1.29 is 17.5 Å². The van der Waals surface area contributed by atoms with Gasteiger partial charge in [-0.25, -0.2) is 12.8 Å². The van der Waals surface area contributed by atoms with Crippen LogP contribution in [0.25, 0.3) is 0 Å². The summed E-state index contributed by atoms with van der Waals surface area (Å²) in [6, 6.07) is 7.41. The smallest absolute Gasteiger partial charge is 0.246 e. The van der Waals surface area contributed by atoms with E-state index in [1.807, 2.05) is 17.0 Å². The molecule has 0 atom stereocenters. The normalized spacial score (nSPS) is 18.3. The molecule has 2 fully saturated rings. The van der Waals surface area contributed by atoms with Crippen LogP contribution >= 0.6 is 0 Å². The molecule has 0 bridgehead atoms. The zero-order chi connectivity index (χ0) is 20.4. The maximum atomic E-state index is 13.6. The van der Waals surface area contributed by atoms with E-state index < -0.39 is 15.8 Å². The van der Waals surface area contributed by atoms with Crippen molar-refractivity contribution in [2.75, 3.05) is 56.2 Å². The molecule has 0 radical (unpaired) electrons. The summed E-state index contributed by atoms with van der Waals surface area (Å²) in [5, 5.41) is 8.66. The topological polar surface area (TPSA) is 78.9 Å². The fourth-order valence-electron chi connectivity index (χ4n) is 3.75. The van der Waals surface area contributed by atoms with Gasteiger partial charge in [-0.1, -0.05) is 0 Å². The summed E-state index contributed by atoms with van der Waals surface area (Å²) < 4.78 is 46.1. The predicted molar refractivity (Wildman–Crippen MR) is 107 cm³/mol. The van der Waals surface area contributed by atoms with E-state index in [-0.39, 0.29) is 23.7 Å². The largest absolute Gasteiger partial charge is 0.495 e. The van der Waals surface area contributed by atoms with Gasteiger partial charge in [0.15, 0.2) is 11.6 Å². The molecule has 2 aromatic rings. The Morgan fingerprint density at radius 2 is 1.48 bits per heavy atom. The van der Waals surface area contributed by atoms with E-state index in [9.17, 15) is 12.8 Å². The van der Waals surface area contributed by atoms with E-state index in [1.165, 1.54) is 36.4 Å². The van der Waals surface area contributed by atoms with Gasteiger partial charge in [0.05, 0.1) is 7.11 Å². The molecule has 3 heterocycles. The Morgan fingerprint density at radius 3 is 2.03 bits per heavy atom. The Morgan fingerprint density at radius 1 is 0.897 bits per heavy atom. The van der Waals surface area contributed by atoms with Crippen LogP contribution in [0.15, 0.2) is 35.2 Å². The summed E-state index contributed by atoms with van der Waals surface area (Å²) in [6.07, 6.45) is 2.35. The van der Waals surface area contributed by atoms with Crippen LogP contribution in [0.2, 0.25) is 0 Å². The number of hydrogen-bond donors (Lipinski definition) is 0. The van der Waals surface area contributed by atoms with E-state index in [0.717, 1.165) is 30.8 Å². The van der Waals surface area contributed by atoms with Gasteiger partial charge >= 0.3 is 0 Å². The van der Waals surface area contributed by atoms with E-state index in [1.54, 1.807) is 0 Å². The fourth-order valence-corrected chi connectivity index (χ4v) is 5.34. The van der Waals surface area contributed by atoms with Gasteiger partial charge in [0.2, 0.25) is 10.0 Å². The minimum Gasteiger partial charge on any atom is -0.495 e. The second-order valence-electron chi connectivity index (χ2n) is 7.13. The molecule has 0 saturated carbocycles. The lowest BCUT2D eigenvalue weighted by molar-refractivity contribution is 0.372. The van der Waals surface area contributed by atoms with Crippen LogP contribution in [0.5, 0.6) is 5.75 Å². The number of nitrogens with zero attached hydrogens (tertiary/aromatic N) is 5. The average Bonchev–Trinajstić information content (AvgIpc) is 3.29. The van der Waals surface area contributed by atoms with Gasteiger partial charge in [-0.2, -0.15) is 4.31 Å². The number of sulfonamides is 1. The second kappa shape index (κ2) is 8.11. The number of ether oxygens (including phenoxy) is 1. The van der Waals surface area contributed by atoms with E-state index >= 15 is 0 Å². The maximum Gasteiger partial charge on any atom is 0.246 e. The van der Waals surface area contributed by atoms with Crippen LogP contribution in [0.4, 0.5) is 16.0 Å². The average molecular weight is 421 g/mol. The molecule has 10 heteroatoms. The van der Waals surface area contributed by atoms with E-state index in [4.69, 9.17) is 4.74 Å². The zero-order valence-corrected chi connectivity index (χ0v) is 17.1. The lowest BCUT2D eigenvalue weighted by atomic mass is 10.3. The monoisotopic (exact) mass is 421 g/mol. The molecule has 0 N–H and O–H groups in total. The van der Waals surface area contributed by atoms with Crippen LogP contribution in [-0.4, -0.2) is 69.3 Å². The number of halogens is 1. The third-order valence-corrected chi connectivity index (χ3v) is 7.29. The molecule has 1 aromatic carbocycles. The molecule has 156 valence electrons. The van der Waals surface area contributed by atoms with Gasteiger partial charge in [0.25, 0.3) is 0 Å². The first-order valence-corrected chi connectivity index (χ1v) is 11.1. The number of piperazine rings is 1. The van der Waals surface area contributed by atoms with Crippen molar-refractivity contribution in [3.05, 3.63) is 36.1 Å². The Hall–Kier alpha value is -2.46. The highest BCUT2D eigenvalue weighted by atomic mass is 32.2. The quantitative estimate of drug-likeness (QED) is 0.728. The van der Waals surface area contributed by atoms with Crippen molar-refractivity contribution in [2.45, 2.75) is 17.7 Å². The van der Waals surface area contributed by atoms with Crippen LogP contribution < -0.4 is 14.5 Å². The van der Waals surface area contributed by atoms with Crippen molar-refractivity contribution >= 4 is 21.7 Å². The fraction of sp³-hybridized carbons (Fsp3) is 0.474. The zero-order valence-electron chi connectivity index (χ0n) is 16.3. The molecule has 2 aliphatic rings. The molecule has 0 aliphatic carbocycles. The lowest BCUT2D eigenvalue weighted by Gasteiger charge is -2.34. The summed E-state index contributed by atoms with van der Waals surface area (Å²) in [5.74, 6) is 1.13. The van der Waals surface area contributed by atoms with E-state index in [0.29, 0.717) is 13.1 Å². The predicted octanol–water partition coefficient (Wildman–Crippen LogP) is 1.74. The molecular weight excluding hydrogens is 397 g/mol. The van der Waals surface area contributed by atoms with Crippen molar-refractivity contribution in [3.63, 3.8) is 0 Å². The van der Waals surface area contributed by atoms with Gasteiger partial charge < -0.3 is 14.5 Å². The summed E-state index contributed by atoms with van der Waals surface area (Å²) in [5.41, 5.74) is 0. The van der Waals surface area contributed by atoms with Gasteiger partial charge in [-0.15, -0.1) is 10.2 Å². The highest BCUT2D eigenvalue weighted by molar-refractivity contribution is 7.89. The minimum atomic E-state index is -3.85. The lowest BCUT2D eigenvalue weighted by Crippen LogP contribution is -2.49. The number of methoxy groups -OCH3 is 1. The van der Waals surface area contributed by atoms with Crippen LogP contribution in [-0.2, 0) is 10.0 Å². The van der Waals surface area contributed by atoms with Crippen molar-refractivity contribution in [2.24, 2.45) is 0 Å². The molecular formula is C19H24FN5O3S. The van der Waals surface area contributed by atoms with Crippen LogP contribution in [0.1, 0.15) is 12.8 Å². The molecule has 0 amide bonds. The third kappa shape index (κ3) is 3.99. The maximum absolute atomic E-state index is 13.6. The third-order valence-electron chi connectivity index (χ3n) is 5.37. The van der Waals surface area contributed by atoms with Crippen LogP contribution in [0, 0.1) is 5.82 Å². The van der Waals surface area contributed by atoms with E-state index in [2.05, 4.69) is 15.1 Å². The first-order chi connectivity index (χ1) is 14.0. The summed E-state index contributed by atoms with van der Waals surface area (Å²) in [6.45, 7) is 3.53. The summed E-state index contributed by atoms with van der Waals surface area (Å²) >= 11 is 0. The highest BCUT2D eigenvalue weighted by Gasteiger charge is 2.31. The number of benzene rings is 1. The SMILES string of the molecule is COc1ccc(F)cc1S(=O)(=O)N1CCN(c2ccc(N3CCCC3)nn2)CC1. The van der Waals surface area contributed by atoms with Gasteiger partial charge in [-0.05, 0) is 43.2 Å². The standard InChI is InChI=1S/C19H24FN5O3S/c1-28-16-5-4-15(20)14-17(16)29(26,27)25-12-10-24(11-13-25)19-7-6-18(21-22-19)23-8-2-3-9-23/h4-7,14H,2-3,8-13H2,1H3. The van der Waals surface area contributed by atoms with Crippen molar-refractivity contribution in [1.82, 2.24) is 14.5 Å². The molecule has 29 heavy (non-hydrogen) atoms. The van der Waals surface area contributed by atoms with Crippen molar-refractivity contribution in [3.8, 4) is 5.75 Å². The molecule has 2 aliphatic heterocycles. The van der Waals surface area contributed by atoms with Crippen molar-refractivity contribution in [1.29, 1.82) is 0 Å². The molecule has 0 unspecified atom stereocenters. The Bertz CT molecular complexity index is 956. The molecule has 0 spiro atoms. The number of rotatable bonds is 5. The summed E-state index contributed by atoms with van der Waals surface area (Å²) in [7, 11) is -2.48. The molecule has 8 nitrogen and oxygen atoms in total. The molecule has 1 aromatic heterocycles. The minimum absolute atomic E-state index is 0.136. The number of hydrogen-bond acceptors (Lipinski definition) is 7. The van der Waals surface area contributed by atoms with Crippen LogP contribution in [0.3, 0.4) is 0 Å². The summed E-state index contributed by atoms with van der Waals surface area (Å²) in [4.78, 5) is 4.08. The Balaban J connectivity index is 1.44. The first-order valence-electron chi connectivity index (χ1n) is 9.66. The number of aromatic nitrogens is 2. The molecule has 4 rings (SSSR count). The first kappa shape index (κ1) is 19.8. The number of anilines is 2. The second-order valence-corrected chi connectivity index (χ2v) is 9.04. The Labute approximate surface area is 169 Å². The van der Waals surface area contributed by atoms with Gasteiger partial charge in [0.1, 0.15) is 16.5 Å².